The van der Waals surface area contributed by atoms with Gasteiger partial charge in [-0.05, 0) is 68.2 Å². The monoisotopic (exact) mass is 717 g/mol. The van der Waals surface area contributed by atoms with Gasteiger partial charge in [-0.3, -0.25) is 24.1 Å². The van der Waals surface area contributed by atoms with Crippen LogP contribution in [0.1, 0.15) is 84.6 Å². The largest absolute Gasteiger partial charge is 0.492 e. The Labute approximate surface area is 300 Å². The highest BCUT2D eigenvalue weighted by molar-refractivity contribution is 7.22. The zero-order valence-electron chi connectivity index (χ0n) is 28.5. The summed E-state index contributed by atoms with van der Waals surface area (Å²) in [6.45, 7) is 6.00. The molecule has 0 spiro atoms. The number of likely N-dealkylation sites (tertiary alicyclic amines) is 1. The molecule has 4 N–H and O–H groups in total. The number of hydrogen-bond acceptors (Lipinski definition) is 9. The molecule has 5 rings (SSSR count). The average Bonchev–Trinajstić information content (AvgIpc) is 3.50. The zero-order valence-corrected chi connectivity index (χ0v) is 29.3. The molecular formula is C39H43NO10S. The second-order valence-electron chi connectivity index (χ2n) is 12.5. The van der Waals surface area contributed by atoms with E-state index in [2.05, 4.69) is 17.9 Å². The van der Waals surface area contributed by atoms with Crippen molar-refractivity contribution in [3.8, 4) is 16.2 Å². The number of ketones is 2. The van der Waals surface area contributed by atoms with Crippen molar-refractivity contribution < 1.29 is 49.1 Å². The van der Waals surface area contributed by atoms with Gasteiger partial charge in [0.15, 0.2) is 17.2 Å². The van der Waals surface area contributed by atoms with Crippen LogP contribution in [0.5, 0.6) is 5.75 Å². The number of aliphatic hydroxyl groups is 1. The molecule has 1 fully saturated rings. The fraction of sp³-hybridized carbons (Fsp3) is 0.359. The molecule has 1 aromatic heterocycles. The Kier molecular flexibility index (Phi) is 14.0. The Morgan fingerprint density at radius 2 is 1.41 bits per heavy atom. The van der Waals surface area contributed by atoms with E-state index >= 15 is 0 Å². The van der Waals surface area contributed by atoms with Crippen LogP contribution in [0, 0.1) is 0 Å². The van der Waals surface area contributed by atoms with Crippen LogP contribution in [-0.2, 0) is 14.4 Å². The van der Waals surface area contributed by atoms with Crippen molar-refractivity contribution in [2.75, 3.05) is 26.2 Å². The Morgan fingerprint density at radius 1 is 0.804 bits per heavy atom. The SMILES string of the molecule is CCCCC(=O)c1ccc(-c2sc3ccccc3c2C(=O)c2ccc(OCCN3CCCCC3)cc2)cc1.O=C(O)CC(O)(CC(=O)O)C(=O)O. The summed E-state index contributed by atoms with van der Waals surface area (Å²) < 4.78 is 7.05. The van der Waals surface area contributed by atoms with Crippen LogP contribution in [0.15, 0.2) is 72.8 Å². The van der Waals surface area contributed by atoms with Gasteiger partial charge in [0.25, 0.3) is 0 Å². The Balaban J connectivity index is 0.000000383. The lowest BCUT2D eigenvalue weighted by Gasteiger charge is -2.26. The predicted octanol–water partition coefficient (Wildman–Crippen LogP) is 6.79. The zero-order chi connectivity index (χ0) is 37.0. The third-order valence-corrected chi connectivity index (χ3v) is 9.80. The van der Waals surface area contributed by atoms with E-state index < -0.39 is 36.4 Å². The summed E-state index contributed by atoms with van der Waals surface area (Å²) in [7, 11) is 0. The van der Waals surface area contributed by atoms with Crippen LogP contribution in [0.25, 0.3) is 20.5 Å². The van der Waals surface area contributed by atoms with Crippen molar-refractivity contribution in [3.05, 3.63) is 89.5 Å². The van der Waals surface area contributed by atoms with Crippen molar-refractivity contribution in [2.45, 2.75) is 63.9 Å². The number of aliphatic carboxylic acids is 3. The summed E-state index contributed by atoms with van der Waals surface area (Å²) in [5.41, 5.74) is 0.308. The van der Waals surface area contributed by atoms with Crippen LogP contribution in [0.3, 0.4) is 0 Å². The van der Waals surface area contributed by atoms with E-state index in [1.807, 2.05) is 66.7 Å². The molecule has 4 aromatic rings. The summed E-state index contributed by atoms with van der Waals surface area (Å²) in [5, 5.41) is 34.8. The van der Waals surface area contributed by atoms with Crippen LogP contribution in [0.2, 0.25) is 0 Å². The average molecular weight is 718 g/mol. The van der Waals surface area contributed by atoms with Gasteiger partial charge in [-0.25, -0.2) is 4.79 Å². The van der Waals surface area contributed by atoms with Crippen LogP contribution in [-0.4, -0.2) is 86.6 Å². The highest BCUT2D eigenvalue weighted by Gasteiger charge is 2.40. The summed E-state index contributed by atoms with van der Waals surface area (Å²) in [6, 6.07) is 23.3. The van der Waals surface area contributed by atoms with E-state index in [0.717, 1.165) is 69.9 Å². The van der Waals surface area contributed by atoms with Gasteiger partial charge < -0.3 is 25.2 Å². The maximum Gasteiger partial charge on any atom is 0.336 e. The third-order valence-electron chi connectivity index (χ3n) is 8.58. The molecule has 2 heterocycles. The first-order valence-electron chi connectivity index (χ1n) is 17.0. The molecule has 11 nitrogen and oxygen atoms in total. The molecule has 270 valence electrons. The molecule has 0 aliphatic carbocycles. The number of Topliss-reactive ketones (excluding diaryl/α,β-unsaturated/α-hetero) is 1. The summed E-state index contributed by atoms with van der Waals surface area (Å²) in [5.74, 6) is -4.06. The number of piperidine rings is 1. The van der Waals surface area contributed by atoms with E-state index in [-0.39, 0.29) is 11.6 Å². The maximum absolute atomic E-state index is 13.8. The van der Waals surface area contributed by atoms with Gasteiger partial charge in [0.2, 0.25) is 0 Å². The Morgan fingerprint density at radius 3 is 2.00 bits per heavy atom. The fourth-order valence-electron chi connectivity index (χ4n) is 5.80. The van der Waals surface area contributed by atoms with Crippen LogP contribution >= 0.6 is 11.3 Å². The minimum absolute atomic E-state index is 0.000385. The molecule has 1 aliphatic rings. The number of carbonyl (C=O) groups excluding carboxylic acids is 2. The Hall–Kier alpha value is -4.91. The van der Waals surface area contributed by atoms with E-state index in [1.165, 1.54) is 19.3 Å². The number of hydrogen-bond donors (Lipinski definition) is 4. The number of rotatable bonds is 16. The minimum Gasteiger partial charge on any atom is -0.492 e. The number of carbonyl (C=O) groups is 5. The summed E-state index contributed by atoms with van der Waals surface area (Å²) in [4.78, 5) is 60.2. The number of thiophene rings is 1. The fourth-order valence-corrected chi connectivity index (χ4v) is 7.01. The highest BCUT2D eigenvalue weighted by Crippen LogP contribution is 2.40. The number of ether oxygens (including phenoxy) is 1. The number of carboxylic acid groups (broad SMARTS) is 3. The molecule has 0 unspecified atom stereocenters. The molecule has 0 saturated carbocycles. The minimum atomic E-state index is -2.74. The maximum atomic E-state index is 13.8. The summed E-state index contributed by atoms with van der Waals surface area (Å²) in [6.07, 6.45) is 4.07. The van der Waals surface area contributed by atoms with E-state index in [0.29, 0.717) is 18.6 Å². The van der Waals surface area contributed by atoms with Gasteiger partial charge in [0, 0.05) is 44.6 Å². The number of benzene rings is 3. The van der Waals surface area contributed by atoms with Crippen LogP contribution in [0.4, 0.5) is 0 Å². The number of nitrogens with zero attached hydrogens (tertiary/aromatic N) is 1. The van der Waals surface area contributed by atoms with Crippen molar-refractivity contribution >= 4 is 50.9 Å². The lowest BCUT2D eigenvalue weighted by Crippen LogP contribution is -2.42. The third kappa shape index (κ3) is 10.8. The van der Waals surface area contributed by atoms with Gasteiger partial charge in [-0.15, -0.1) is 11.3 Å². The lowest BCUT2D eigenvalue weighted by molar-refractivity contribution is -0.170. The highest BCUT2D eigenvalue weighted by atomic mass is 32.1. The first-order valence-corrected chi connectivity index (χ1v) is 17.8. The van der Waals surface area contributed by atoms with Crippen molar-refractivity contribution in [2.24, 2.45) is 0 Å². The summed E-state index contributed by atoms with van der Waals surface area (Å²) >= 11 is 1.62. The first kappa shape index (κ1) is 38.9. The van der Waals surface area contributed by atoms with Gasteiger partial charge in [0.1, 0.15) is 12.4 Å². The number of fused-ring (bicyclic) bond motifs is 1. The quantitative estimate of drug-likeness (QED) is 0.0897. The van der Waals surface area contributed by atoms with Gasteiger partial charge in [0.05, 0.1) is 12.8 Å². The molecule has 0 amide bonds. The van der Waals surface area contributed by atoms with E-state index in [4.69, 9.17) is 25.2 Å². The van der Waals surface area contributed by atoms with E-state index in [1.54, 1.807) is 11.3 Å². The normalized spacial score (nSPS) is 13.2. The van der Waals surface area contributed by atoms with Gasteiger partial charge in [-0.1, -0.05) is 62.2 Å². The molecule has 0 bridgehead atoms. The van der Waals surface area contributed by atoms with Gasteiger partial charge in [-0.2, -0.15) is 0 Å². The van der Waals surface area contributed by atoms with Crippen molar-refractivity contribution in [1.29, 1.82) is 0 Å². The molecule has 1 saturated heterocycles. The van der Waals surface area contributed by atoms with Crippen molar-refractivity contribution in [1.82, 2.24) is 4.90 Å². The molecule has 0 atom stereocenters. The topological polar surface area (TPSA) is 179 Å². The molecule has 1 aliphatic heterocycles. The molecule has 3 aromatic carbocycles. The van der Waals surface area contributed by atoms with E-state index in [9.17, 15) is 24.0 Å². The number of carboxylic acids is 3. The van der Waals surface area contributed by atoms with Crippen molar-refractivity contribution in [3.63, 3.8) is 0 Å². The smallest absolute Gasteiger partial charge is 0.336 e. The lowest BCUT2D eigenvalue weighted by atomic mass is 9.96. The van der Waals surface area contributed by atoms with Gasteiger partial charge >= 0.3 is 17.9 Å². The molecular weight excluding hydrogens is 674 g/mol. The predicted molar refractivity (Wildman–Crippen MR) is 194 cm³/mol. The van der Waals surface area contributed by atoms with Crippen LogP contribution < -0.4 is 4.74 Å². The second kappa shape index (κ2) is 18.4. The Bertz CT molecular complexity index is 1810. The molecule has 12 heteroatoms. The first-order chi connectivity index (χ1) is 24.4. The molecule has 0 radical (unpaired) electrons. The standard InChI is InChI=1S/C33H35NO3S.C6H8O7/c1-2-3-10-29(35)24-12-14-26(15-13-24)33-31(28-9-5-6-11-30(28)38-33)32(36)25-16-18-27(19-17-25)37-23-22-34-20-7-4-8-21-34;7-3(8)1-6(13,5(11)12)2-4(9)10/h5-6,9,11-19H,2-4,7-8,10,20-23H2,1H3;13H,1-2H2,(H,7,8)(H,9,10)(H,11,12). The second-order valence-corrected chi connectivity index (χ2v) is 13.5. The molecule has 51 heavy (non-hydrogen) atoms. The number of unbranched alkanes of at least 4 members (excludes halogenated alkanes) is 1.